The van der Waals surface area contributed by atoms with Crippen LogP contribution in [-0.2, 0) is 6.42 Å². The van der Waals surface area contributed by atoms with E-state index in [1.54, 1.807) is 0 Å². The van der Waals surface area contributed by atoms with Crippen molar-refractivity contribution in [3.63, 3.8) is 0 Å². The van der Waals surface area contributed by atoms with E-state index in [1.807, 2.05) is 0 Å². The van der Waals surface area contributed by atoms with Gasteiger partial charge in [-0.15, -0.1) is 0 Å². The summed E-state index contributed by atoms with van der Waals surface area (Å²) in [6.45, 7) is 8.30. The molecule has 0 radical (unpaired) electrons. The minimum Gasteiger partial charge on any atom is -0.312 e. The van der Waals surface area contributed by atoms with Gasteiger partial charge in [-0.25, -0.2) is 0 Å². The Morgan fingerprint density at radius 3 is 2.35 bits per heavy atom. The smallest absolute Gasteiger partial charge is 0.0128 e. The molecule has 20 heavy (non-hydrogen) atoms. The van der Waals surface area contributed by atoms with Crippen LogP contribution in [0.15, 0.2) is 30.3 Å². The molecule has 112 valence electrons. The predicted molar refractivity (Wildman–Crippen MR) is 88.0 cm³/mol. The van der Waals surface area contributed by atoms with Crippen molar-refractivity contribution >= 4 is 0 Å². The Morgan fingerprint density at radius 1 is 1.05 bits per heavy atom. The Bertz CT molecular complexity index is 374. The molecule has 0 saturated heterocycles. The standard InChI is InChI=1S/C19H31N/c1-16-9-11-18(12-10-16)15-20-19(2,3)14-13-17-7-5-4-6-8-17/h4-8,16,18,20H,9-15H2,1-3H3. The second-order valence-corrected chi connectivity index (χ2v) is 7.38. The quantitative estimate of drug-likeness (QED) is 0.784. The number of rotatable bonds is 6. The van der Waals surface area contributed by atoms with Gasteiger partial charge in [0.25, 0.3) is 0 Å². The molecule has 0 aliphatic heterocycles. The van der Waals surface area contributed by atoms with E-state index in [-0.39, 0.29) is 5.54 Å². The van der Waals surface area contributed by atoms with E-state index in [1.165, 1.54) is 50.6 Å². The lowest BCUT2D eigenvalue weighted by atomic mass is 9.82. The first-order chi connectivity index (χ1) is 9.55. The minimum absolute atomic E-state index is 0.249. The first-order valence-corrected chi connectivity index (χ1v) is 8.34. The first-order valence-electron chi connectivity index (χ1n) is 8.34. The van der Waals surface area contributed by atoms with E-state index < -0.39 is 0 Å². The summed E-state index contributed by atoms with van der Waals surface area (Å²) in [6.07, 6.45) is 8.07. The Hall–Kier alpha value is -0.820. The highest BCUT2D eigenvalue weighted by molar-refractivity contribution is 5.15. The monoisotopic (exact) mass is 273 g/mol. The molecule has 0 atom stereocenters. The van der Waals surface area contributed by atoms with Crippen molar-refractivity contribution in [2.45, 2.75) is 64.8 Å². The zero-order chi connectivity index (χ0) is 14.4. The number of benzene rings is 1. The van der Waals surface area contributed by atoms with Crippen LogP contribution in [0.5, 0.6) is 0 Å². The number of aryl methyl sites for hydroxylation is 1. The lowest BCUT2D eigenvalue weighted by Crippen LogP contribution is -2.42. The maximum Gasteiger partial charge on any atom is 0.0128 e. The molecule has 1 aliphatic carbocycles. The van der Waals surface area contributed by atoms with E-state index in [0.717, 1.165) is 11.8 Å². The highest BCUT2D eigenvalue weighted by atomic mass is 15.0. The molecule has 0 unspecified atom stereocenters. The summed E-state index contributed by atoms with van der Waals surface area (Å²) in [6, 6.07) is 10.8. The first kappa shape index (κ1) is 15.6. The van der Waals surface area contributed by atoms with Gasteiger partial charge in [0.05, 0.1) is 0 Å². The van der Waals surface area contributed by atoms with Gasteiger partial charge in [-0.2, -0.15) is 0 Å². The molecule has 1 fully saturated rings. The van der Waals surface area contributed by atoms with Crippen LogP contribution in [0.25, 0.3) is 0 Å². The summed E-state index contributed by atoms with van der Waals surface area (Å²) in [4.78, 5) is 0. The zero-order valence-corrected chi connectivity index (χ0v) is 13.5. The lowest BCUT2D eigenvalue weighted by molar-refractivity contribution is 0.251. The molecule has 0 aromatic heterocycles. The average molecular weight is 273 g/mol. The molecule has 1 heteroatoms. The van der Waals surface area contributed by atoms with E-state index in [2.05, 4.69) is 56.4 Å². The van der Waals surface area contributed by atoms with Crippen molar-refractivity contribution in [2.24, 2.45) is 11.8 Å². The van der Waals surface area contributed by atoms with Crippen molar-refractivity contribution in [1.29, 1.82) is 0 Å². The molecule has 0 amide bonds. The fourth-order valence-electron chi connectivity index (χ4n) is 3.14. The van der Waals surface area contributed by atoms with Gasteiger partial charge < -0.3 is 5.32 Å². The van der Waals surface area contributed by atoms with Gasteiger partial charge in [-0.3, -0.25) is 0 Å². The second kappa shape index (κ2) is 7.26. The van der Waals surface area contributed by atoms with Gasteiger partial charge in [0.1, 0.15) is 0 Å². The van der Waals surface area contributed by atoms with Gasteiger partial charge >= 0.3 is 0 Å². The molecule has 1 aliphatic rings. The topological polar surface area (TPSA) is 12.0 Å². The Morgan fingerprint density at radius 2 is 1.70 bits per heavy atom. The van der Waals surface area contributed by atoms with Crippen molar-refractivity contribution in [2.75, 3.05) is 6.54 Å². The normalized spacial score (nSPS) is 23.8. The largest absolute Gasteiger partial charge is 0.312 e. The summed E-state index contributed by atoms with van der Waals surface area (Å²) in [7, 11) is 0. The Labute approximate surface area is 125 Å². The van der Waals surface area contributed by atoms with Crippen LogP contribution in [0.2, 0.25) is 0 Å². The van der Waals surface area contributed by atoms with Crippen LogP contribution < -0.4 is 5.32 Å². The maximum atomic E-state index is 3.81. The maximum absolute atomic E-state index is 3.81. The van der Waals surface area contributed by atoms with Crippen LogP contribution >= 0.6 is 0 Å². The molecule has 2 rings (SSSR count). The number of hydrogen-bond acceptors (Lipinski definition) is 1. The van der Waals surface area contributed by atoms with Crippen molar-refractivity contribution < 1.29 is 0 Å². The van der Waals surface area contributed by atoms with Crippen LogP contribution in [0.3, 0.4) is 0 Å². The van der Waals surface area contributed by atoms with E-state index in [4.69, 9.17) is 0 Å². The molecule has 0 bridgehead atoms. The molecular formula is C19H31N. The molecule has 0 spiro atoms. The van der Waals surface area contributed by atoms with Crippen molar-refractivity contribution in [3.05, 3.63) is 35.9 Å². The third kappa shape index (κ3) is 5.28. The van der Waals surface area contributed by atoms with Crippen LogP contribution in [0, 0.1) is 11.8 Å². The number of hydrogen-bond donors (Lipinski definition) is 1. The number of nitrogens with one attached hydrogen (secondary N) is 1. The van der Waals surface area contributed by atoms with Gasteiger partial charge in [-0.05, 0) is 63.5 Å². The highest BCUT2D eigenvalue weighted by Crippen LogP contribution is 2.28. The van der Waals surface area contributed by atoms with Gasteiger partial charge in [0.15, 0.2) is 0 Å². The Balaban J connectivity index is 1.70. The minimum atomic E-state index is 0.249. The van der Waals surface area contributed by atoms with E-state index in [9.17, 15) is 0 Å². The average Bonchev–Trinajstić information content (AvgIpc) is 2.46. The SMILES string of the molecule is CC1CCC(CNC(C)(C)CCc2ccccc2)CC1. The summed E-state index contributed by atoms with van der Waals surface area (Å²) in [5.41, 5.74) is 1.70. The molecule has 1 aromatic rings. The van der Waals surface area contributed by atoms with E-state index in [0.29, 0.717) is 0 Å². The van der Waals surface area contributed by atoms with Gasteiger partial charge in [0.2, 0.25) is 0 Å². The lowest BCUT2D eigenvalue weighted by Gasteiger charge is -2.32. The summed E-state index contributed by atoms with van der Waals surface area (Å²) >= 11 is 0. The molecule has 1 nitrogen and oxygen atoms in total. The Kier molecular flexibility index (Phi) is 5.65. The van der Waals surface area contributed by atoms with E-state index >= 15 is 0 Å². The zero-order valence-electron chi connectivity index (χ0n) is 13.5. The predicted octanol–water partition coefficient (Wildman–Crippen LogP) is 4.81. The second-order valence-electron chi connectivity index (χ2n) is 7.38. The van der Waals surface area contributed by atoms with Gasteiger partial charge in [-0.1, -0.05) is 50.1 Å². The highest BCUT2D eigenvalue weighted by Gasteiger charge is 2.22. The van der Waals surface area contributed by atoms with Crippen LogP contribution in [-0.4, -0.2) is 12.1 Å². The molecule has 1 saturated carbocycles. The molecule has 1 N–H and O–H groups in total. The fourth-order valence-corrected chi connectivity index (χ4v) is 3.14. The molecule has 0 heterocycles. The van der Waals surface area contributed by atoms with Crippen molar-refractivity contribution in [1.82, 2.24) is 5.32 Å². The molecular weight excluding hydrogens is 242 g/mol. The van der Waals surface area contributed by atoms with Crippen LogP contribution in [0.1, 0.15) is 58.4 Å². The van der Waals surface area contributed by atoms with Gasteiger partial charge in [0, 0.05) is 5.54 Å². The van der Waals surface area contributed by atoms with Crippen LogP contribution in [0.4, 0.5) is 0 Å². The summed E-state index contributed by atoms with van der Waals surface area (Å²) < 4.78 is 0. The fraction of sp³-hybridized carbons (Fsp3) is 0.684. The molecule has 1 aromatic carbocycles. The summed E-state index contributed by atoms with van der Waals surface area (Å²) in [5.74, 6) is 1.86. The van der Waals surface area contributed by atoms with Crippen molar-refractivity contribution in [3.8, 4) is 0 Å². The third-order valence-corrected chi connectivity index (χ3v) is 4.89. The summed E-state index contributed by atoms with van der Waals surface area (Å²) in [5, 5.41) is 3.81. The third-order valence-electron chi connectivity index (χ3n) is 4.89.